The molecule has 0 saturated carbocycles. The number of ether oxygens (including phenoxy) is 2. The Kier molecular flexibility index (Phi) is 12.4. The Morgan fingerprint density at radius 3 is 2.64 bits per heavy atom. The van der Waals surface area contributed by atoms with Crippen molar-refractivity contribution in [3.8, 4) is 5.75 Å². The monoisotopic (exact) mass is 691 g/mol. The highest BCUT2D eigenvalue weighted by molar-refractivity contribution is 7.91. The number of nitrogens with zero attached hydrogens (tertiary/aromatic N) is 3. The average molecular weight is 692 g/mol. The Hall–Kier alpha value is -3.50. The zero-order chi connectivity index (χ0) is 34.3. The summed E-state index contributed by atoms with van der Waals surface area (Å²) in [5.74, 6) is 0.0847. The number of urea groups is 1. The molecule has 4 atom stereocenters. The fourth-order valence-electron chi connectivity index (χ4n) is 5.32. The second-order valence-electron chi connectivity index (χ2n) is 12.0. The highest BCUT2D eigenvalue weighted by Gasteiger charge is 2.32. The fourth-order valence-corrected chi connectivity index (χ4v) is 7.70. The topological polar surface area (TPSA) is 164 Å². The summed E-state index contributed by atoms with van der Waals surface area (Å²) in [6, 6.07) is 7.00. The molecule has 3 aromatic rings. The number of amides is 3. The summed E-state index contributed by atoms with van der Waals surface area (Å²) in [5.41, 5.74) is 1.55. The second kappa shape index (κ2) is 16.1. The van der Waals surface area contributed by atoms with E-state index < -0.39 is 34.1 Å². The normalized spacial score (nSPS) is 20.6. The van der Waals surface area contributed by atoms with Crippen molar-refractivity contribution >= 4 is 44.7 Å². The van der Waals surface area contributed by atoms with Crippen molar-refractivity contribution in [2.75, 3.05) is 44.0 Å². The van der Waals surface area contributed by atoms with Crippen molar-refractivity contribution in [3.05, 3.63) is 52.7 Å². The van der Waals surface area contributed by atoms with Gasteiger partial charge in [-0.3, -0.25) is 4.79 Å². The highest BCUT2D eigenvalue weighted by atomic mass is 32.2. The summed E-state index contributed by atoms with van der Waals surface area (Å²) in [7, 11) is -2.19. The van der Waals surface area contributed by atoms with E-state index in [1.165, 1.54) is 11.4 Å². The number of sulfonamides is 1. The molecule has 1 aliphatic heterocycles. The van der Waals surface area contributed by atoms with E-state index >= 15 is 0 Å². The summed E-state index contributed by atoms with van der Waals surface area (Å²) in [6.07, 6.45) is 1.47. The molecular formula is C32H45N5O8S2. The Labute approximate surface area is 280 Å². The van der Waals surface area contributed by atoms with Crippen LogP contribution in [0.4, 0.5) is 16.2 Å². The van der Waals surface area contributed by atoms with Crippen LogP contribution in [0.25, 0.3) is 0 Å². The van der Waals surface area contributed by atoms with E-state index in [4.69, 9.17) is 14.0 Å². The van der Waals surface area contributed by atoms with Crippen molar-refractivity contribution in [1.82, 2.24) is 14.4 Å². The van der Waals surface area contributed by atoms with E-state index in [0.29, 0.717) is 41.6 Å². The van der Waals surface area contributed by atoms with Gasteiger partial charge in [-0.25, -0.2) is 13.2 Å². The van der Waals surface area contributed by atoms with E-state index in [1.807, 2.05) is 13.8 Å². The standard InChI is InChI=1S/C32H45N5O8S2/c1-20-17-37(21(2)19-38)31(39)26-16-25(33-32(40)34-30-23(4)35-45-24(30)5)12-13-27(26)44-22(3)10-7-8-14-43-28(20)18-36(6)47(41,42)29-11-9-15-46-29/h9,11-13,15-16,20-22,28,38H,7-8,10,14,17-19H2,1-6H3,(H2,33,34,40)/t20-,21+,22+,28-/m0/s1. The largest absolute Gasteiger partial charge is 0.490 e. The van der Waals surface area contributed by atoms with Gasteiger partial charge in [-0.05, 0) is 76.6 Å². The number of nitrogens with one attached hydrogen (secondary N) is 2. The molecule has 0 saturated heterocycles. The first-order valence-corrected chi connectivity index (χ1v) is 18.0. The van der Waals surface area contributed by atoms with Crippen LogP contribution in [0.2, 0.25) is 0 Å². The maximum Gasteiger partial charge on any atom is 0.323 e. The molecule has 13 nitrogen and oxygen atoms in total. The van der Waals surface area contributed by atoms with Crippen molar-refractivity contribution < 1.29 is 37.1 Å². The Morgan fingerprint density at radius 1 is 1.21 bits per heavy atom. The maximum atomic E-state index is 14.3. The minimum Gasteiger partial charge on any atom is -0.490 e. The molecule has 2 aromatic heterocycles. The first-order chi connectivity index (χ1) is 22.3. The first-order valence-electron chi connectivity index (χ1n) is 15.7. The SMILES string of the molecule is Cc1noc(C)c1NC(=O)Nc1ccc2c(c1)C(=O)N([C@H](C)CO)C[C@H](C)[C@H](CN(C)S(=O)(=O)c1cccs1)OCCCC[C@@H](C)O2. The van der Waals surface area contributed by atoms with E-state index in [0.717, 1.165) is 24.2 Å². The van der Waals surface area contributed by atoms with Crippen molar-refractivity contribution in [2.24, 2.45) is 5.92 Å². The number of benzene rings is 1. The molecule has 1 aromatic carbocycles. The van der Waals surface area contributed by atoms with Crippen molar-refractivity contribution in [3.63, 3.8) is 0 Å². The lowest BCUT2D eigenvalue weighted by atomic mass is 10.0. The number of aliphatic hydroxyl groups excluding tert-OH is 1. The third-order valence-corrected chi connectivity index (χ3v) is 11.4. The van der Waals surface area contributed by atoms with Gasteiger partial charge < -0.3 is 34.6 Å². The smallest absolute Gasteiger partial charge is 0.323 e. The Balaban J connectivity index is 1.63. The van der Waals surface area contributed by atoms with E-state index in [-0.39, 0.29) is 41.5 Å². The predicted octanol–water partition coefficient (Wildman–Crippen LogP) is 5.11. The second-order valence-corrected chi connectivity index (χ2v) is 15.2. The number of rotatable bonds is 8. The number of aliphatic hydroxyl groups is 1. The summed E-state index contributed by atoms with van der Waals surface area (Å²) < 4.78 is 45.7. The molecule has 15 heteroatoms. The molecule has 0 bridgehead atoms. The van der Waals surface area contributed by atoms with Gasteiger partial charge in [0.1, 0.15) is 21.3 Å². The van der Waals surface area contributed by atoms with Crippen LogP contribution in [-0.2, 0) is 14.8 Å². The van der Waals surface area contributed by atoms with Crippen LogP contribution in [0.3, 0.4) is 0 Å². The Morgan fingerprint density at radius 2 is 1.98 bits per heavy atom. The molecule has 47 heavy (non-hydrogen) atoms. The molecule has 258 valence electrons. The number of thiophene rings is 1. The number of fused-ring (bicyclic) bond motifs is 1. The van der Waals surface area contributed by atoms with Gasteiger partial charge in [0.2, 0.25) is 0 Å². The molecule has 0 fully saturated rings. The number of hydrogen-bond acceptors (Lipinski definition) is 10. The van der Waals surface area contributed by atoms with Crippen LogP contribution < -0.4 is 15.4 Å². The summed E-state index contributed by atoms with van der Waals surface area (Å²) in [5, 5.41) is 21.3. The average Bonchev–Trinajstić information content (AvgIpc) is 3.69. The summed E-state index contributed by atoms with van der Waals surface area (Å²) >= 11 is 1.15. The van der Waals surface area contributed by atoms with Crippen molar-refractivity contribution in [1.29, 1.82) is 0 Å². The number of hydrogen-bond donors (Lipinski definition) is 3. The van der Waals surface area contributed by atoms with E-state index in [9.17, 15) is 23.1 Å². The molecule has 0 unspecified atom stereocenters. The lowest BCUT2D eigenvalue weighted by molar-refractivity contribution is -0.00832. The molecule has 3 N–H and O–H groups in total. The molecule has 0 aliphatic carbocycles. The molecular weight excluding hydrogens is 647 g/mol. The minimum absolute atomic E-state index is 0.0847. The van der Waals surface area contributed by atoms with Gasteiger partial charge in [0.05, 0.1) is 30.4 Å². The number of aryl methyl sites for hydroxylation is 2. The highest BCUT2D eigenvalue weighted by Crippen LogP contribution is 2.29. The number of likely N-dealkylation sites (N-methyl/N-ethyl adjacent to an activating group) is 1. The van der Waals surface area contributed by atoms with Gasteiger partial charge in [0.15, 0.2) is 5.76 Å². The fraction of sp³-hybridized carbons (Fsp3) is 0.531. The van der Waals surface area contributed by atoms with Crippen molar-refractivity contribution in [2.45, 2.75) is 76.3 Å². The minimum atomic E-state index is -3.72. The van der Waals surface area contributed by atoms with Crippen LogP contribution in [0.1, 0.15) is 61.8 Å². The van der Waals surface area contributed by atoms with Crippen LogP contribution >= 0.6 is 11.3 Å². The third-order valence-electron chi connectivity index (χ3n) is 8.18. The van der Waals surface area contributed by atoms with Gasteiger partial charge in [0.25, 0.3) is 15.9 Å². The van der Waals surface area contributed by atoms with Gasteiger partial charge in [-0.15, -0.1) is 11.3 Å². The molecule has 4 rings (SSSR count). The third kappa shape index (κ3) is 9.11. The molecule has 3 amide bonds. The molecule has 1 aliphatic rings. The van der Waals surface area contributed by atoms with Gasteiger partial charge in [0, 0.05) is 38.3 Å². The number of aromatic nitrogens is 1. The quantitative estimate of drug-likeness (QED) is 0.291. The zero-order valence-electron chi connectivity index (χ0n) is 27.7. The van der Waals surface area contributed by atoms with Crippen LogP contribution in [0, 0.1) is 19.8 Å². The Bertz CT molecular complexity index is 1590. The number of carbonyl (C=O) groups excluding carboxylic acids is 2. The van der Waals surface area contributed by atoms with E-state index in [2.05, 4.69) is 15.8 Å². The van der Waals surface area contributed by atoms with Crippen LogP contribution in [-0.4, -0.2) is 91.4 Å². The van der Waals surface area contributed by atoms with E-state index in [1.54, 1.807) is 61.4 Å². The lowest BCUT2D eigenvalue weighted by Gasteiger charge is -2.35. The predicted molar refractivity (Wildman–Crippen MR) is 180 cm³/mol. The van der Waals surface area contributed by atoms with Gasteiger partial charge in [-0.2, -0.15) is 4.31 Å². The summed E-state index contributed by atoms with van der Waals surface area (Å²) in [4.78, 5) is 28.8. The van der Waals surface area contributed by atoms with Crippen LogP contribution in [0.5, 0.6) is 5.75 Å². The molecule has 0 spiro atoms. The van der Waals surface area contributed by atoms with Gasteiger partial charge >= 0.3 is 6.03 Å². The lowest BCUT2D eigenvalue weighted by Crippen LogP contribution is -2.48. The maximum absolute atomic E-state index is 14.3. The number of carbonyl (C=O) groups is 2. The summed E-state index contributed by atoms with van der Waals surface area (Å²) in [6.45, 7) is 9.33. The molecule has 3 heterocycles. The number of anilines is 2. The zero-order valence-corrected chi connectivity index (χ0v) is 29.3. The molecule has 0 radical (unpaired) electrons. The van der Waals surface area contributed by atoms with Gasteiger partial charge in [-0.1, -0.05) is 18.1 Å². The van der Waals surface area contributed by atoms with Crippen LogP contribution in [0.15, 0.2) is 44.4 Å². The first kappa shape index (κ1) is 36.3.